The van der Waals surface area contributed by atoms with Crippen LogP contribution in [0.5, 0.6) is 0 Å². The molecule has 4 nitrogen and oxygen atoms in total. The molecule has 4 fully saturated rings. The van der Waals surface area contributed by atoms with Gasteiger partial charge in [-0.25, -0.2) is 9.18 Å². The lowest BCUT2D eigenvalue weighted by atomic mass is 9.38. The first-order valence-corrected chi connectivity index (χ1v) is 9.03. The van der Waals surface area contributed by atoms with Crippen LogP contribution in [0.4, 0.5) is 9.18 Å². The summed E-state index contributed by atoms with van der Waals surface area (Å²) in [5, 5.41) is 3.23. The van der Waals surface area contributed by atoms with E-state index in [-0.39, 0.29) is 23.7 Å². The minimum Gasteiger partial charge on any atom is -0.445 e. The third kappa shape index (κ3) is 2.03. The number of hydrogen-bond donors (Lipinski definition) is 1. The van der Waals surface area contributed by atoms with Crippen molar-refractivity contribution in [3.63, 3.8) is 0 Å². The summed E-state index contributed by atoms with van der Waals surface area (Å²) in [6.45, 7) is 2.31. The zero-order valence-electron chi connectivity index (χ0n) is 13.8. The topological polar surface area (TPSA) is 41.6 Å². The number of rotatable bonds is 2. The van der Waals surface area contributed by atoms with E-state index >= 15 is 0 Å². The Kier molecular flexibility index (Phi) is 3.03. The summed E-state index contributed by atoms with van der Waals surface area (Å²) in [4.78, 5) is 14.7. The Labute approximate surface area is 141 Å². The minimum atomic E-state index is -0.961. The fourth-order valence-electron chi connectivity index (χ4n) is 5.39. The van der Waals surface area contributed by atoms with Crippen molar-refractivity contribution < 1.29 is 13.9 Å². The molecule has 1 saturated heterocycles. The lowest BCUT2D eigenvalue weighted by Crippen LogP contribution is -2.69. The van der Waals surface area contributed by atoms with Crippen LogP contribution in [0.15, 0.2) is 24.3 Å². The largest absolute Gasteiger partial charge is 0.445 e. The second kappa shape index (κ2) is 4.94. The molecule has 2 heterocycles. The van der Waals surface area contributed by atoms with E-state index in [0.29, 0.717) is 25.8 Å². The molecule has 1 N–H and O–H groups in total. The van der Waals surface area contributed by atoms with Crippen LogP contribution in [0.1, 0.15) is 42.9 Å². The molecule has 2 atom stereocenters. The number of amides is 1. The molecule has 0 radical (unpaired) electrons. The molecule has 24 heavy (non-hydrogen) atoms. The van der Waals surface area contributed by atoms with Gasteiger partial charge >= 0.3 is 6.09 Å². The van der Waals surface area contributed by atoms with Crippen LogP contribution < -0.4 is 5.32 Å². The molecule has 2 bridgehead atoms. The zero-order valence-corrected chi connectivity index (χ0v) is 13.8. The molecular formula is C19H23FN2O2. The number of ether oxygens (including phenoxy) is 1. The number of benzene rings is 1. The quantitative estimate of drug-likeness (QED) is 0.906. The summed E-state index contributed by atoms with van der Waals surface area (Å²) in [6.07, 6.45) is 3.24. The van der Waals surface area contributed by atoms with Crippen molar-refractivity contribution in [2.24, 2.45) is 5.41 Å². The Morgan fingerprint density at radius 2 is 2.08 bits per heavy atom. The smallest absolute Gasteiger partial charge is 0.410 e. The molecule has 2 aliphatic heterocycles. The number of halogens is 1. The van der Waals surface area contributed by atoms with Gasteiger partial charge in [0.15, 0.2) is 0 Å². The van der Waals surface area contributed by atoms with E-state index in [1.165, 1.54) is 11.1 Å². The van der Waals surface area contributed by atoms with E-state index in [2.05, 4.69) is 17.4 Å². The average Bonchev–Trinajstić information content (AvgIpc) is 3.03. The van der Waals surface area contributed by atoms with Crippen LogP contribution >= 0.6 is 0 Å². The maximum absolute atomic E-state index is 14.2. The molecule has 1 aromatic rings. The molecule has 128 valence electrons. The van der Waals surface area contributed by atoms with E-state index in [0.717, 1.165) is 25.9 Å². The SMILES string of the molecule is O=C(O[C@@H]1CCNC1)N1CCc2ccccc2[C@@H]1C12CC(F)(C1)C2. The molecule has 0 spiro atoms. The van der Waals surface area contributed by atoms with Gasteiger partial charge in [0.25, 0.3) is 0 Å². The molecule has 3 aliphatic carbocycles. The van der Waals surface area contributed by atoms with Gasteiger partial charge in [0, 0.05) is 18.5 Å². The van der Waals surface area contributed by atoms with E-state index in [1.54, 1.807) is 0 Å². The highest BCUT2D eigenvalue weighted by Crippen LogP contribution is 2.75. The van der Waals surface area contributed by atoms with Crippen molar-refractivity contribution in [2.45, 2.75) is 49.9 Å². The predicted molar refractivity (Wildman–Crippen MR) is 87.5 cm³/mol. The Bertz CT molecular complexity index is 666. The normalized spacial score (nSPS) is 39.6. The summed E-state index contributed by atoms with van der Waals surface area (Å²) in [5.41, 5.74) is 1.47. The van der Waals surface area contributed by atoms with Gasteiger partial charge in [-0.05, 0) is 49.8 Å². The van der Waals surface area contributed by atoms with Crippen LogP contribution in [0.3, 0.4) is 0 Å². The lowest BCUT2D eigenvalue weighted by molar-refractivity contribution is -0.246. The zero-order chi connectivity index (χ0) is 16.4. The number of carbonyl (C=O) groups is 1. The fraction of sp³-hybridized carbons (Fsp3) is 0.632. The van der Waals surface area contributed by atoms with Crippen LogP contribution in [0.25, 0.3) is 0 Å². The van der Waals surface area contributed by atoms with Crippen molar-refractivity contribution >= 4 is 6.09 Å². The van der Waals surface area contributed by atoms with Crippen molar-refractivity contribution in [3.8, 4) is 0 Å². The van der Waals surface area contributed by atoms with Gasteiger partial charge in [0.2, 0.25) is 0 Å². The summed E-state index contributed by atoms with van der Waals surface area (Å²) in [7, 11) is 0. The number of alkyl halides is 1. The van der Waals surface area contributed by atoms with Gasteiger partial charge < -0.3 is 15.0 Å². The second-order valence-electron chi connectivity index (χ2n) is 8.09. The summed E-state index contributed by atoms with van der Waals surface area (Å²) in [5.74, 6) is 0. The Morgan fingerprint density at radius 3 is 2.79 bits per heavy atom. The molecule has 6 rings (SSSR count). The number of nitrogens with one attached hydrogen (secondary N) is 1. The molecule has 3 saturated carbocycles. The Hall–Kier alpha value is -1.62. The molecule has 1 aromatic carbocycles. The van der Waals surface area contributed by atoms with Crippen LogP contribution in [0.2, 0.25) is 0 Å². The first-order valence-electron chi connectivity index (χ1n) is 9.03. The summed E-state index contributed by atoms with van der Waals surface area (Å²) >= 11 is 0. The highest BCUT2D eigenvalue weighted by atomic mass is 19.1. The number of carbonyl (C=O) groups excluding carboxylic acids is 1. The third-order valence-electron chi connectivity index (χ3n) is 6.39. The number of fused-ring (bicyclic) bond motifs is 1. The number of nitrogens with zero attached hydrogens (tertiary/aromatic N) is 1. The van der Waals surface area contributed by atoms with Crippen molar-refractivity contribution in [3.05, 3.63) is 35.4 Å². The van der Waals surface area contributed by atoms with Crippen LogP contribution in [0, 0.1) is 5.41 Å². The molecule has 0 aromatic heterocycles. The average molecular weight is 330 g/mol. The monoisotopic (exact) mass is 330 g/mol. The van der Waals surface area contributed by atoms with Gasteiger partial charge in [-0.1, -0.05) is 24.3 Å². The standard InChI is InChI=1S/C19H23FN2O2/c20-19-10-18(11-19,12-19)16-15-4-2-1-3-13(15)6-8-22(16)17(23)24-14-5-7-21-9-14/h1-4,14,16,21H,5-12H2/t14-,16-,18?,19?/m1/s1. The lowest BCUT2D eigenvalue weighted by Gasteiger charge is -2.70. The maximum atomic E-state index is 14.2. The summed E-state index contributed by atoms with van der Waals surface area (Å²) in [6, 6.07) is 8.30. The molecular weight excluding hydrogens is 307 g/mol. The van der Waals surface area contributed by atoms with E-state index in [9.17, 15) is 9.18 Å². The number of hydrogen-bond acceptors (Lipinski definition) is 3. The maximum Gasteiger partial charge on any atom is 0.410 e. The van der Waals surface area contributed by atoms with Crippen molar-refractivity contribution in [1.82, 2.24) is 10.2 Å². The van der Waals surface area contributed by atoms with Gasteiger partial charge in [-0.3, -0.25) is 0 Å². The fourth-order valence-corrected chi connectivity index (χ4v) is 5.39. The second-order valence-corrected chi connectivity index (χ2v) is 8.09. The Balaban J connectivity index is 1.44. The highest BCUT2D eigenvalue weighted by Gasteiger charge is 2.73. The summed E-state index contributed by atoms with van der Waals surface area (Å²) < 4.78 is 19.9. The highest BCUT2D eigenvalue weighted by molar-refractivity contribution is 5.70. The van der Waals surface area contributed by atoms with Crippen molar-refractivity contribution in [2.75, 3.05) is 19.6 Å². The first kappa shape index (κ1) is 14.7. The molecule has 0 unspecified atom stereocenters. The first-order chi connectivity index (χ1) is 11.6. The Morgan fingerprint density at radius 1 is 1.29 bits per heavy atom. The predicted octanol–water partition coefficient (Wildman–Crippen LogP) is 2.98. The molecule has 5 heteroatoms. The van der Waals surface area contributed by atoms with Crippen molar-refractivity contribution in [1.29, 1.82) is 0 Å². The third-order valence-corrected chi connectivity index (χ3v) is 6.39. The van der Waals surface area contributed by atoms with E-state index in [4.69, 9.17) is 4.74 Å². The van der Waals surface area contributed by atoms with Crippen LogP contribution in [-0.4, -0.2) is 42.4 Å². The van der Waals surface area contributed by atoms with E-state index in [1.807, 2.05) is 17.0 Å². The molecule has 5 aliphatic rings. The van der Waals surface area contributed by atoms with Gasteiger partial charge in [0.05, 0.1) is 6.04 Å². The van der Waals surface area contributed by atoms with Gasteiger partial charge in [-0.2, -0.15) is 0 Å². The van der Waals surface area contributed by atoms with Gasteiger partial charge in [-0.15, -0.1) is 0 Å². The van der Waals surface area contributed by atoms with Crippen LogP contribution in [-0.2, 0) is 11.2 Å². The van der Waals surface area contributed by atoms with Gasteiger partial charge in [0.1, 0.15) is 11.8 Å². The molecule has 1 amide bonds. The van der Waals surface area contributed by atoms with E-state index < -0.39 is 5.67 Å². The minimum absolute atomic E-state index is 0.0260.